The molecule has 0 spiro atoms. The van der Waals surface area contributed by atoms with Gasteiger partial charge < -0.3 is 14.6 Å². The Morgan fingerprint density at radius 3 is 2.30 bits per heavy atom. The topological polar surface area (TPSA) is 58.4 Å². The molecule has 5 nitrogen and oxygen atoms in total. The number of carbonyl (C=O) groups is 1. The number of pyridine rings is 1. The first kappa shape index (κ1) is 27.9. The molecule has 204 valence electrons. The molecule has 3 aromatic carbocycles. The molecule has 2 amide bonds. The summed E-state index contributed by atoms with van der Waals surface area (Å²) < 4.78 is 6.47. The molecular weight excluding hydrogens is 535 g/mol. The molecule has 0 saturated heterocycles. The highest BCUT2D eigenvalue weighted by atomic mass is 32.2. The number of furan rings is 1. The zero-order chi connectivity index (χ0) is 28.2. The standard InChI is InChI=1S/C33H33N3O2S2/c1-21-11-14-25(15-12-21)30-26-17-22(2)13-16-27(26)38-28(30)20-36(19-24-9-7-6-8-10-24)33(37)35-31-29(39-4)18-23(3)34-32(31)40-5/h6-18H,19-20H2,1-5H3,(H,35,37). The van der Waals surface area contributed by atoms with Crippen molar-refractivity contribution in [3.8, 4) is 11.1 Å². The summed E-state index contributed by atoms with van der Waals surface area (Å²) in [6.07, 6.45) is 3.99. The van der Waals surface area contributed by atoms with Crippen LogP contribution >= 0.6 is 23.5 Å². The lowest BCUT2D eigenvalue weighted by Crippen LogP contribution is -2.34. The maximum Gasteiger partial charge on any atom is 0.322 e. The van der Waals surface area contributed by atoms with E-state index in [1.807, 2.05) is 66.8 Å². The fraction of sp³-hybridized carbons (Fsp3) is 0.212. The van der Waals surface area contributed by atoms with Gasteiger partial charge in [0.25, 0.3) is 0 Å². The highest BCUT2D eigenvalue weighted by Gasteiger charge is 2.24. The molecule has 0 saturated carbocycles. The van der Waals surface area contributed by atoms with Crippen molar-refractivity contribution in [1.29, 1.82) is 0 Å². The molecule has 0 unspecified atom stereocenters. The molecule has 2 aromatic heterocycles. The second kappa shape index (κ2) is 12.2. The Balaban J connectivity index is 1.58. The van der Waals surface area contributed by atoms with Crippen molar-refractivity contribution >= 4 is 46.2 Å². The van der Waals surface area contributed by atoms with Gasteiger partial charge in [0.2, 0.25) is 0 Å². The maximum absolute atomic E-state index is 14.0. The Bertz CT molecular complexity index is 1620. The van der Waals surface area contributed by atoms with Crippen molar-refractivity contribution in [2.24, 2.45) is 0 Å². The van der Waals surface area contributed by atoms with Gasteiger partial charge in [-0.1, -0.05) is 71.8 Å². The summed E-state index contributed by atoms with van der Waals surface area (Å²) in [6, 6.07) is 26.6. The largest absolute Gasteiger partial charge is 0.459 e. The normalized spacial score (nSPS) is 11.1. The van der Waals surface area contributed by atoms with Gasteiger partial charge in [0.1, 0.15) is 16.4 Å². The number of thioether (sulfide) groups is 2. The molecule has 0 aliphatic carbocycles. The Morgan fingerprint density at radius 2 is 1.60 bits per heavy atom. The molecule has 1 N–H and O–H groups in total. The van der Waals surface area contributed by atoms with E-state index in [1.165, 1.54) is 17.3 Å². The SMILES string of the molecule is CSc1cc(C)nc(SC)c1NC(=O)N(Cc1ccccc1)Cc1oc2ccc(C)cc2c1-c1ccc(C)cc1. The monoisotopic (exact) mass is 567 g/mol. The van der Waals surface area contributed by atoms with Crippen molar-refractivity contribution in [1.82, 2.24) is 9.88 Å². The van der Waals surface area contributed by atoms with Crippen LogP contribution in [-0.4, -0.2) is 28.4 Å². The van der Waals surface area contributed by atoms with Crippen LogP contribution in [0.1, 0.15) is 28.1 Å². The second-order valence-electron chi connectivity index (χ2n) is 9.89. The number of nitrogens with one attached hydrogen (secondary N) is 1. The molecule has 0 atom stereocenters. The van der Waals surface area contributed by atoms with Crippen LogP contribution in [0.4, 0.5) is 10.5 Å². The van der Waals surface area contributed by atoms with Crippen LogP contribution in [0.2, 0.25) is 0 Å². The summed E-state index contributed by atoms with van der Waals surface area (Å²) in [5.74, 6) is 0.757. The van der Waals surface area contributed by atoms with E-state index in [2.05, 4.69) is 60.5 Å². The molecule has 5 rings (SSSR count). The van der Waals surface area contributed by atoms with E-state index in [4.69, 9.17) is 4.42 Å². The molecular formula is C33H33N3O2S2. The predicted molar refractivity (Wildman–Crippen MR) is 168 cm³/mol. The minimum Gasteiger partial charge on any atom is -0.459 e. The zero-order valence-corrected chi connectivity index (χ0v) is 25.1. The number of hydrogen-bond donors (Lipinski definition) is 1. The number of nitrogens with zero attached hydrogens (tertiary/aromatic N) is 2. The van der Waals surface area contributed by atoms with Gasteiger partial charge in [0.05, 0.1) is 12.2 Å². The van der Waals surface area contributed by atoms with Crippen LogP contribution in [0.5, 0.6) is 0 Å². The van der Waals surface area contributed by atoms with E-state index in [-0.39, 0.29) is 6.03 Å². The third kappa shape index (κ3) is 6.06. The van der Waals surface area contributed by atoms with Gasteiger partial charge in [0, 0.05) is 28.1 Å². The molecule has 0 bridgehead atoms. The van der Waals surface area contributed by atoms with Crippen molar-refractivity contribution < 1.29 is 9.21 Å². The number of aromatic nitrogens is 1. The van der Waals surface area contributed by atoms with Gasteiger partial charge in [0.15, 0.2) is 0 Å². The number of aryl methyl sites for hydroxylation is 3. The van der Waals surface area contributed by atoms with E-state index >= 15 is 0 Å². The zero-order valence-electron chi connectivity index (χ0n) is 23.4. The van der Waals surface area contributed by atoms with Crippen LogP contribution in [-0.2, 0) is 13.1 Å². The first-order chi connectivity index (χ1) is 19.4. The fourth-order valence-corrected chi connectivity index (χ4v) is 6.12. The number of carbonyl (C=O) groups excluding carboxylic acids is 1. The Kier molecular flexibility index (Phi) is 8.52. The maximum atomic E-state index is 14.0. The van der Waals surface area contributed by atoms with E-state index in [1.54, 1.807) is 11.8 Å². The summed E-state index contributed by atoms with van der Waals surface area (Å²) in [7, 11) is 0. The summed E-state index contributed by atoms with van der Waals surface area (Å²) >= 11 is 3.13. The number of fused-ring (bicyclic) bond motifs is 1. The average molecular weight is 568 g/mol. The predicted octanol–water partition coefficient (Wildman–Crippen LogP) is 9.10. The van der Waals surface area contributed by atoms with Crippen LogP contribution < -0.4 is 5.32 Å². The van der Waals surface area contributed by atoms with Gasteiger partial charge in [-0.3, -0.25) is 0 Å². The summed E-state index contributed by atoms with van der Waals surface area (Å²) in [4.78, 5) is 21.5. The van der Waals surface area contributed by atoms with E-state index < -0.39 is 0 Å². The van der Waals surface area contributed by atoms with Crippen LogP contribution in [0, 0.1) is 20.8 Å². The number of urea groups is 1. The summed E-state index contributed by atoms with van der Waals surface area (Å²) in [5, 5.41) is 5.05. The molecule has 0 radical (unpaired) electrons. The lowest BCUT2D eigenvalue weighted by Gasteiger charge is -2.24. The summed E-state index contributed by atoms with van der Waals surface area (Å²) in [5.41, 5.74) is 7.97. The summed E-state index contributed by atoms with van der Waals surface area (Å²) in [6.45, 7) is 6.88. The fourth-order valence-electron chi connectivity index (χ4n) is 4.81. The third-order valence-electron chi connectivity index (χ3n) is 6.82. The molecule has 0 fully saturated rings. The molecule has 40 heavy (non-hydrogen) atoms. The van der Waals surface area contributed by atoms with Crippen molar-refractivity contribution in [2.75, 3.05) is 17.8 Å². The van der Waals surface area contributed by atoms with Crippen LogP contribution in [0.3, 0.4) is 0 Å². The smallest absolute Gasteiger partial charge is 0.322 e. The number of rotatable bonds is 8. The molecule has 5 aromatic rings. The first-order valence-corrected chi connectivity index (χ1v) is 15.6. The minimum absolute atomic E-state index is 0.202. The van der Waals surface area contributed by atoms with Crippen LogP contribution in [0.25, 0.3) is 22.1 Å². The highest BCUT2D eigenvalue weighted by molar-refractivity contribution is 7.99. The Hall–Kier alpha value is -3.68. The van der Waals surface area contributed by atoms with E-state index in [0.29, 0.717) is 13.1 Å². The number of amides is 2. The van der Waals surface area contributed by atoms with Crippen molar-refractivity contribution in [2.45, 2.75) is 43.8 Å². The number of benzene rings is 3. The highest BCUT2D eigenvalue weighted by Crippen LogP contribution is 2.37. The van der Waals surface area contributed by atoms with Gasteiger partial charge >= 0.3 is 6.03 Å². The average Bonchev–Trinajstić information content (AvgIpc) is 3.31. The lowest BCUT2D eigenvalue weighted by molar-refractivity contribution is 0.202. The minimum atomic E-state index is -0.202. The molecule has 2 heterocycles. The second-order valence-corrected chi connectivity index (χ2v) is 11.5. The van der Waals surface area contributed by atoms with E-state index in [9.17, 15) is 4.79 Å². The third-order valence-corrected chi connectivity index (χ3v) is 8.26. The molecule has 0 aliphatic rings. The van der Waals surface area contributed by atoms with E-state index in [0.717, 1.165) is 60.3 Å². The number of hydrogen-bond acceptors (Lipinski definition) is 5. The van der Waals surface area contributed by atoms with Gasteiger partial charge in [-0.2, -0.15) is 0 Å². The Labute approximate surface area is 244 Å². The lowest BCUT2D eigenvalue weighted by atomic mass is 9.99. The van der Waals surface area contributed by atoms with Gasteiger partial charge in [-0.05, 0) is 62.6 Å². The first-order valence-electron chi connectivity index (χ1n) is 13.1. The van der Waals surface area contributed by atoms with Gasteiger partial charge in [-0.15, -0.1) is 23.5 Å². The van der Waals surface area contributed by atoms with Crippen molar-refractivity contribution in [3.63, 3.8) is 0 Å². The molecule has 7 heteroatoms. The quantitative estimate of drug-likeness (QED) is 0.190. The number of anilines is 1. The molecule has 0 aliphatic heterocycles. The Morgan fingerprint density at radius 1 is 0.875 bits per heavy atom. The van der Waals surface area contributed by atoms with Crippen molar-refractivity contribution in [3.05, 3.63) is 107 Å². The van der Waals surface area contributed by atoms with Crippen LogP contribution in [0.15, 0.2) is 93.2 Å². The van der Waals surface area contributed by atoms with Gasteiger partial charge in [-0.25, -0.2) is 9.78 Å².